The van der Waals surface area contributed by atoms with Crippen LogP contribution in [0.5, 0.6) is 5.75 Å². The van der Waals surface area contributed by atoms with E-state index in [0.29, 0.717) is 0 Å². The molecule has 0 saturated carbocycles. The lowest BCUT2D eigenvalue weighted by Crippen LogP contribution is -2.34. The second kappa shape index (κ2) is 5.83. The molecule has 19 heavy (non-hydrogen) atoms. The van der Waals surface area contributed by atoms with Crippen LogP contribution in [0.2, 0.25) is 0 Å². The normalized spacial score (nSPS) is 11.6. The highest BCUT2D eigenvalue weighted by Crippen LogP contribution is 2.37. The van der Waals surface area contributed by atoms with Crippen LogP contribution < -0.4 is 9.64 Å². The van der Waals surface area contributed by atoms with E-state index in [-0.39, 0.29) is 12.0 Å². The summed E-state index contributed by atoms with van der Waals surface area (Å²) in [6.07, 6.45) is 0. The van der Waals surface area contributed by atoms with Crippen molar-refractivity contribution in [1.82, 2.24) is 0 Å². The average molecular weight is 265 g/mol. The molecule has 3 heteroatoms. The number of ether oxygens (including phenoxy) is 1. The molecular weight excluding hydrogens is 238 g/mol. The number of aliphatic hydroxyl groups excluding tert-OH is 1. The highest BCUT2D eigenvalue weighted by atomic mass is 16.5. The fourth-order valence-electron chi connectivity index (χ4n) is 2.53. The van der Waals surface area contributed by atoms with Gasteiger partial charge in [-0.05, 0) is 37.5 Å². The molecule has 0 aliphatic rings. The summed E-state index contributed by atoms with van der Waals surface area (Å²) in [7, 11) is 3.77. The standard InChI is InChI=1S/C16H27NO2/c1-11-8-12(2)14(15(19-7)13(11)3)17(6)9-16(4,5)10-18/h8,18H,9-10H2,1-7H3. The summed E-state index contributed by atoms with van der Waals surface area (Å²) in [6.45, 7) is 11.4. The van der Waals surface area contributed by atoms with Gasteiger partial charge in [0.15, 0.2) is 0 Å². The first-order valence-electron chi connectivity index (χ1n) is 6.70. The van der Waals surface area contributed by atoms with Crippen LogP contribution in [0.1, 0.15) is 30.5 Å². The summed E-state index contributed by atoms with van der Waals surface area (Å²) in [5, 5.41) is 9.43. The van der Waals surface area contributed by atoms with Crippen LogP contribution in [0, 0.1) is 26.2 Å². The maximum Gasteiger partial charge on any atom is 0.145 e. The third kappa shape index (κ3) is 3.41. The smallest absolute Gasteiger partial charge is 0.145 e. The maximum atomic E-state index is 9.43. The predicted molar refractivity (Wildman–Crippen MR) is 81.3 cm³/mol. The molecule has 1 N–H and O–H groups in total. The van der Waals surface area contributed by atoms with Crippen molar-refractivity contribution >= 4 is 5.69 Å². The fourth-order valence-corrected chi connectivity index (χ4v) is 2.53. The zero-order valence-electron chi connectivity index (χ0n) is 13.3. The van der Waals surface area contributed by atoms with E-state index in [1.165, 1.54) is 16.7 Å². The number of anilines is 1. The van der Waals surface area contributed by atoms with Crippen LogP contribution in [0.15, 0.2) is 6.07 Å². The van der Waals surface area contributed by atoms with E-state index in [2.05, 4.69) is 52.6 Å². The van der Waals surface area contributed by atoms with Crippen LogP contribution in [0.4, 0.5) is 5.69 Å². The van der Waals surface area contributed by atoms with Crippen molar-refractivity contribution < 1.29 is 9.84 Å². The van der Waals surface area contributed by atoms with Crippen LogP contribution in [0.3, 0.4) is 0 Å². The van der Waals surface area contributed by atoms with E-state index in [4.69, 9.17) is 4.74 Å². The summed E-state index contributed by atoms with van der Waals surface area (Å²) in [5.41, 5.74) is 4.61. The van der Waals surface area contributed by atoms with E-state index >= 15 is 0 Å². The predicted octanol–water partition coefficient (Wildman–Crippen LogP) is 3.08. The molecule has 0 aliphatic carbocycles. The van der Waals surface area contributed by atoms with Gasteiger partial charge >= 0.3 is 0 Å². The molecule has 0 spiro atoms. The van der Waals surface area contributed by atoms with Crippen LogP contribution in [-0.2, 0) is 0 Å². The third-order valence-corrected chi connectivity index (χ3v) is 3.63. The van der Waals surface area contributed by atoms with Gasteiger partial charge in [0.05, 0.1) is 12.8 Å². The first-order valence-corrected chi connectivity index (χ1v) is 6.70. The molecule has 0 heterocycles. The zero-order chi connectivity index (χ0) is 14.8. The van der Waals surface area contributed by atoms with Crippen molar-refractivity contribution in [3.63, 3.8) is 0 Å². The van der Waals surface area contributed by atoms with Crippen molar-refractivity contribution in [2.45, 2.75) is 34.6 Å². The highest BCUT2D eigenvalue weighted by molar-refractivity contribution is 5.68. The van der Waals surface area contributed by atoms with Crippen molar-refractivity contribution in [3.8, 4) is 5.75 Å². The lowest BCUT2D eigenvalue weighted by atomic mass is 9.93. The molecule has 1 rings (SSSR count). The average Bonchev–Trinajstić information content (AvgIpc) is 2.32. The fraction of sp³-hybridized carbons (Fsp3) is 0.625. The van der Waals surface area contributed by atoms with E-state index in [1.807, 2.05) is 0 Å². The Morgan fingerprint density at radius 2 is 1.79 bits per heavy atom. The molecule has 0 aromatic heterocycles. The Balaban J connectivity index is 3.23. The van der Waals surface area contributed by atoms with E-state index < -0.39 is 0 Å². The number of aliphatic hydroxyl groups is 1. The monoisotopic (exact) mass is 265 g/mol. The SMILES string of the molecule is COc1c(C)c(C)cc(C)c1N(C)CC(C)(C)CO. The topological polar surface area (TPSA) is 32.7 Å². The van der Waals surface area contributed by atoms with E-state index in [0.717, 1.165) is 18.0 Å². The number of nitrogens with zero attached hydrogens (tertiary/aromatic N) is 1. The molecule has 0 fully saturated rings. The first kappa shape index (κ1) is 15.8. The molecule has 0 aliphatic heterocycles. The lowest BCUT2D eigenvalue weighted by Gasteiger charge is -2.32. The quantitative estimate of drug-likeness (QED) is 0.888. The van der Waals surface area contributed by atoms with Gasteiger partial charge in [-0.1, -0.05) is 19.9 Å². The number of aryl methyl sites for hydroxylation is 2. The highest BCUT2D eigenvalue weighted by Gasteiger charge is 2.23. The first-order chi connectivity index (χ1) is 8.73. The Kier molecular flexibility index (Phi) is 4.86. The number of methoxy groups -OCH3 is 1. The number of hydrogen-bond donors (Lipinski definition) is 1. The largest absolute Gasteiger partial charge is 0.494 e. The van der Waals surface area contributed by atoms with Gasteiger partial charge in [0.2, 0.25) is 0 Å². The van der Waals surface area contributed by atoms with Gasteiger partial charge in [0, 0.05) is 25.6 Å². The maximum absolute atomic E-state index is 9.43. The minimum Gasteiger partial charge on any atom is -0.494 e. The zero-order valence-corrected chi connectivity index (χ0v) is 13.3. The van der Waals surface area contributed by atoms with Gasteiger partial charge in [-0.2, -0.15) is 0 Å². The lowest BCUT2D eigenvalue weighted by molar-refractivity contribution is 0.165. The number of rotatable bonds is 5. The molecule has 1 aromatic rings. The van der Waals surface area contributed by atoms with E-state index in [1.54, 1.807) is 7.11 Å². The summed E-state index contributed by atoms with van der Waals surface area (Å²) >= 11 is 0. The second-order valence-corrected chi connectivity index (χ2v) is 6.20. The van der Waals surface area contributed by atoms with Crippen molar-refractivity contribution in [1.29, 1.82) is 0 Å². The number of hydrogen-bond acceptors (Lipinski definition) is 3. The molecule has 0 bridgehead atoms. The van der Waals surface area contributed by atoms with Crippen molar-refractivity contribution in [2.24, 2.45) is 5.41 Å². The molecule has 0 radical (unpaired) electrons. The minimum atomic E-state index is -0.134. The Morgan fingerprint density at radius 1 is 1.21 bits per heavy atom. The van der Waals surface area contributed by atoms with E-state index in [9.17, 15) is 5.11 Å². The molecule has 0 atom stereocenters. The second-order valence-electron chi connectivity index (χ2n) is 6.20. The molecule has 0 unspecified atom stereocenters. The Labute approximate surface area is 117 Å². The van der Waals surface area contributed by atoms with Crippen molar-refractivity contribution in [3.05, 3.63) is 22.8 Å². The molecule has 3 nitrogen and oxygen atoms in total. The van der Waals surface area contributed by atoms with Crippen LogP contribution in [-0.4, -0.2) is 32.4 Å². The van der Waals surface area contributed by atoms with Gasteiger partial charge in [0.25, 0.3) is 0 Å². The summed E-state index contributed by atoms with van der Waals surface area (Å²) < 4.78 is 5.60. The Hall–Kier alpha value is -1.22. The summed E-state index contributed by atoms with van der Waals surface area (Å²) in [5.74, 6) is 0.939. The van der Waals surface area contributed by atoms with Gasteiger partial charge in [0.1, 0.15) is 5.75 Å². The Bertz CT molecular complexity index is 453. The third-order valence-electron chi connectivity index (χ3n) is 3.63. The summed E-state index contributed by atoms with van der Waals surface area (Å²) in [4.78, 5) is 2.18. The van der Waals surface area contributed by atoms with Crippen LogP contribution in [0.25, 0.3) is 0 Å². The van der Waals surface area contributed by atoms with Gasteiger partial charge < -0.3 is 14.7 Å². The molecule has 0 amide bonds. The molecule has 108 valence electrons. The van der Waals surface area contributed by atoms with Crippen molar-refractivity contribution in [2.75, 3.05) is 32.2 Å². The number of benzene rings is 1. The minimum absolute atomic E-state index is 0.134. The van der Waals surface area contributed by atoms with Crippen LogP contribution >= 0.6 is 0 Å². The molecular formula is C16H27NO2. The molecule has 0 saturated heterocycles. The van der Waals surface area contributed by atoms with Gasteiger partial charge in [-0.25, -0.2) is 0 Å². The Morgan fingerprint density at radius 3 is 2.26 bits per heavy atom. The summed E-state index contributed by atoms with van der Waals surface area (Å²) in [6, 6.07) is 2.19. The van der Waals surface area contributed by atoms with Gasteiger partial charge in [-0.15, -0.1) is 0 Å². The molecule has 1 aromatic carbocycles. The van der Waals surface area contributed by atoms with Gasteiger partial charge in [-0.3, -0.25) is 0 Å².